The van der Waals surface area contributed by atoms with Gasteiger partial charge in [0.15, 0.2) is 0 Å². The first-order chi connectivity index (χ1) is 9.65. The van der Waals surface area contributed by atoms with E-state index in [0.29, 0.717) is 11.6 Å². The summed E-state index contributed by atoms with van der Waals surface area (Å²) < 4.78 is 0.837. The number of nitrogens with two attached hydrogens (primary N) is 1. The molecule has 2 aromatic carbocycles. The molecule has 3 nitrogen and oxygen atoms in total. The molecule has 4 heteroatoms. The summed E-state index contributed by atoms with van der Waals surface area (Å²) in [6.45, 7) is 0. The van der Waals surface area contributed by atoms with E-state index in [1.165, 1.54) is 5.56 Å². The number of halogens is 1. The molecular weight excluding hydrogens is 316 g/mol. The first-order valence-electron chi connectivity index (χ1n) is 6.56. The Hall–Kier alpha value is -1.81. The molecule has 1 fully saturated rings. The average molecular weight is 331 g/mol. The van der Waals surface area contributed by atoms with Crippen molar-refractivity contribution >= 4 is 33.2 Å². The number of carbonyl (C=O) groups is 1. The monoisotopic (exact) mass is 330 g/mol. The Morgan fingerprint density at radius 3 is 2.65 bits per heavy atom. The predicted molar refractivity (Wildman–Crippen MR) is 84.5 cm³/mol. The molecule has 0 spiro atoms. The number of hydrogen-bond donors (Lipinski definition) is 2. The highest BCUT2D eigenvalue weighted by Gasteiger charge is 2.43. The fourth-order valence-electron chi connectivity index (χ4n) is 2.41. The van der Waals surface area contributed by atoms with Crippen molar-refractivity contribution in [3.8, 4) is 0 Å². The van der Waals surface area contributed by atoms with Crippen molar-refractivity contribution < 1.29 is 4.79 Å². The Morgan fingerprint density at radius 2 is 1.95 bits per heavy atom. The molecule has 2 unspecified atom stereocenters. The van der Waals surface area contributed by atoms with Gasteiger partial charge in [0.1, 0.15) is 0 Å². The fourth-order valence-corrected chi connectivity index (χ4v) is 2.66. The first-order valence-corrected chi connectivity index (χ1v) is 7.35. The Labute approximate surface area is 126 Å². The van der Waals surface area contributed by atoms with E-state index < -0.39 is 0 Å². The third kappa shape index (κ3) is 2.70. The zero-order valence-corrected chi connectivity index (χ0v) is 12.4. The van der Waals surface area contributed by atoms with Crippen LogP contribution in [-0.2, 0) is 4.79 Å². The van der Waals surface area contributed by atoms with Gasteiger partial charge in [0.05, 0.1) is 0 Å². The average Bonchev–Trinajstić information content (AvgIpc) is 3.24. The highest BCUT2D eigenvalue weighted by Crippen LogP contribution is 2.47. The summed E-state index contributed by atoms with van der Waals surface area (Å²) in [5.74, 6) is 0.492. The molecule has 2 atom stereocenters. The summed E-state index contributed by atoms with van der Waals surface area (Å²) in [7, 11) is 0. The maximum Gasteiger partial charge on any atom is 0.228 e. The molecule has 0 aromatic heterocycles. The van der Waals surface area contributed by atoms with E-state index in [1.54, 1.807) is 6.07 Å². The maximum absolute atomic E-state index is 12.2. The van der Waals surface area contributed by atoms with E-state index in [4.69, 9.17) is 5.73 Å². The summed E-state index contributed by atoms with van der Waals surface area (Å²) >= 11 is 3.34. The van der Waals surface area contributed by atoms with Crippen LogP contribution in [0.4, 0.5) is 11.4 Å². The van der Waals surface area contributed by atoms with Crippen molar-refractivity contribution in [3.05, 3.63) is 58.6 Å². The highest BCUT2D eigenvalue weighted by atomic mass is 79.9. The van der Waals surface area contributed by atoms with Crippen LogP contribution < -0.4 is 11.1 Å². The lowest BCUT2D eigenvalue weighted by Crippen LogP contribution is -2.14. The SMILES string of the molecule is Nc1cc(NC(=O)C2CC2c2ccccc2)ccc1Br. The highest BCUT2D eigenvalue weighted by molar-refractivity contribution is 9.10. The van der Waals surface area contributed by atoms with E-state index in [-0.39, 0.29) is 11.8 Å². The van der Waals surface area contributed by atoms with Gasteiger partial charge in [0.2, 0.25) is 5.91 Å². The van der Waals surface area contributed by atoms with E-state index in [2.05, 4.69) is 33.4 Å². The molecule has 0 aliphatic heterocycles. The van der Waals surface area contributed by atoms with Gasteiger partial charge in [0, 0.05) is 21.8 Å². The van der Waals surface area contributed by atoms with Crippen LogP contribution in [-0.4, -0.2) is 5.91 Å². The summed E-state index contributed by atoms with van der Waals surface area (Å²) in [6.07, 6.45) is 0.919. The predicted octanol–water partition coefficient (Wildman–Crippen LogP) is 3.77. The third-order valence-corrected chi connectivity index (χ3v) is 4.34. The van der Waals surface area contributed by atoms with Gasteiger partial charge in [-0.05, 0) is 52.0 Å². The number of benzene rings is 2. The number of anilines is 2. The van der Waals surface area contributed by atoms with Gasteiger partial charge < -0.3 is 11.1 Å². The normalized spacial score (nSPS) is 20.4. The van der Waals surface area contributed by atoms with Gasteiger partial charge in [-0.1, -0.05) is 30.3 Å². The summed E-state index contributed by atoms with van der Waals surface area (Å²) in [4.78, 5) is 12.2. The van der Waals surface area contributed by atoms with Crippen LogP contribution in [0.3, 0.4) is 0 Å². The quantitative estimate of drug-likeness (QED) is 0.841. The molecule has 0 bridgehead atoms. The molecule has 2 aromatic rings. The molecule has 102 valence electrons. The molecule has 1 amide bonds. The fraction of sp³-hybridized carbons (Fsp3) is 0.188. The minimum Gasteiger partial charge on any atom is -0.398 e. The van der Waals surface area contributed by atoms with Crippen molar-refractivity contribution in [1.82, 2.24) is 0 Å². The zero-order valence-electron chi connectivity index (χ0n) is 10.8. The lowest BCUT2D eigenvalue weighted by molar-refractivity contribution is -0.117. The number of hydrogen-bond acceptors (Lipinski definition) is 2. The van der Waals surface area contributed by atoms with Crippen molar-refractivity contribution in [1.29, 1.82) is 0 Å². The largest absolute Gasteiger partial charge is 0.398 e. The van der Waals surface area contributed by atoms with Gasteiger partial charge in [-0.2, -0.15) is 0 Å². The van der Waals surface area contributed by atoms with Crippen LogP contribution in [0.5, 0.6) is 0 Å². The topological polar surface area (TPSA) is 55.1 Å². The molecule has 20 heavy (non-hydrogen) atoms. The van der Waals surface area contributed by atoms with E-state index in [0.717, 1.165) is 16.6 Å². The third-order valence-electron chi connectivity index (χ3n) is 3.62. The number of carbonyl (C=O) groups excluding carboxylic acids is 1. The Kier molecular flexibility index (Phi) is 3.49. The van der Waals surface area contributed by atoms with Gasteiger partial charge in [-0.15, -0.1) is 0 Å². The van der Waals surface area contributed by atoms with Gasteiger partial charge in [-0.3, -0.25) is 4.79 Å². The van der Waals surface area contributed by atoms with Gasteiger partial charge in [-0.25, -0.2) is 0 Å². The molecule has 0 saturated heterocycles. The summed E-state index contributed by atoms with van der Waals surface area (Å²) in [5.41, 5.74) is 8.42. The van der Waals surface area contributed by atoms with Crippen molar-refractivity contribution in [2.75, 3.05) is 11.1 Å². The Morgan fingerprint density at radius 1 is 1.20 bits per heavy atom. The number of rotatable bonds is 3. The molecule has 0 heterocycles. The summed E-state index contributed by atoms with van der Waals surface area (Å²) in [5, 5.41) is 2.93. The molecule has 0 radical (unpaired) electrons. The molecule has 3 N–H and O–H groups in total. The van der Waals surface area contributed by atoms with Crippen LogP contribution in [0.25, 0.3) is 0 Å². The van der Waals surface area contributed by atoms with Crippen LogP contribution in [0.2, 0.25) is 0 Å². The minimum absolute atomic E-state index is 0.0700. The second-order valence-corrected chi connectivity index (χ2v) is 5.94. The smallest absolute Gasteiger partial charge is 0.228 e. The van der Waals surface area contributed by atoms with Crippen molar-refractivity contribution in [2.45, 2.75) is 12.3 Å². The van der Waals surface area contributed by atoms with Gasteiger partial charge >= 0.3 is 0 Å². The van der Waals surface area contributed by atoms with E-state index in [1.807, 2.05) is 30.3 Å². The van der Waals surface area contributed by atoms with Crippen molar-refractivity contribution in [3.63, 3.8) is 0 Å². The van der Waals surface area contributed by atoms with Crippen LogP contribution in [0.15, 0.2) is 53.0 Å². The van der Waals surface area contributed by atoms with Crippen molar-refractivity contribution in [2.24, 2.45) is 5.92 Å². The Balaban J connectivity index is 1.65. The second-order valence-electron chi connectivity index (χ2n) is 5.08. The minimum atomic E-state index is 0.0700. The maximum atomic E-state index is 12.2. The standard InChI is InChI=1S/C16H15BrN2O/c17-14-7-6-11(8-15(14)18)19-16(20)13-9-12(13)10-4-2-1-3-5-10/h1-8,12-13H,9,18H2,(H,19,20). The summed E-state index contributed by atoms with van der Waals surface area (Å²) in [6, 6.07) is 15.6. The number of amides is 1. The van der Waals surface area contributed by atoms with Crippen LogP contribution in [0, 0.1) is 5.92 Å². The molecule has 1 saturated carbocycles. The van der Waals surface area contributed by atoms with E-state index >= 15 is 0 Å². The van der Waals surface area contributed by atoms with E-state index in [9.17, 15) is 4.79 Å². The number of nitrogen functional groups attached to an aromatic ring is 1. The lowest BCUT2D eigenvalue weighted by atomic mass is 10.1. The number of nitrogens with one attached hydrogen (secondary N) is 1. The lowest BCUT2D eigenvalue weighted by Gasteiger charge is -2.07. The Bertz CT molecular complexity index is 642. The molecule has 3 rings (SSSR count). The van der Waals surface area contributed by atoms with Crippen LogP contribution >= 0.6 is 15.9 Å². The molecule has 1 aliphatic rings. The molecule has 1 aliphatic carbocycles. The molecular formula is C16H15BrN2O. The second kappa shape index (κ2) is 5.29. The van der Waals surface area contributed by atoms with Crippen LogP contribution in [0.1, 0.15) is 17.9 Å². The zero-order chi connectivity index (χ0) is 14.1. The van der Waals surface area contributed by atoms with Gasteiger partial charge in [0.25, 0.3) is 0 Å². The first kappa shape index (κ1) is 13.2.